The Bertz CT molecular complexity index is 559. The molecule has 1 aliphatic rings. The molecule has 4 nitrogen and oxygen atoms in total. The van der Waals surface area contributed by atoms with Gasteiger partial charge in [0, 0.05) is 6.42 Å². The summed E-state index contributed by atoms with van der Waals surface area (Å²) in [6.07, 6.45) is 1.96. The van der Waals surface area contributed by atoms with E-state index in [2.05, 4.69) is 5.32 Å². The molecule has 0 aliphatic carbocycles. The molecule has 0 radical (unpaired) electrons. The fourth-order valence-corrected chi connectivity index (χ4v) is 4.86. The number of halogens is 1. The highest BCUT2D eigenvalue weighted by atomic mass is 35.5. The lowest BCUT2D eigenvalue weighted by atomic mass is 10.1. The first-order valence-corrected chi connectivity index (χ1v) is 8.90. The van der Waals surface area contributed by atoms with Crippen LogP contribution >= 0.6 is 11.6 Å². The Kier molecular flexibility index (Phi) is 5.05. The molecular weight excluding hydrogens is 298 g/mol. The Labute approximate surface area is 124 Å². The highest BCUT2D eigenvalue weighted by Gasteiger charge is 2.37. The van der Waals surface area contributed by atoms with Gasteiger partial charge in [0.1, 0.15) is 0 Å². The molecule has 1 aromatic rings. The van der Waals surface area contributed by atoms with Gasteiger partial charge < -0.3 is 5.32 Å². The van der Waals surface area contributed by atoms with Crippen LogP contribution < -0.4 is 5.32 Å². The van der Waals surface area contributed by atoms with Gasteiger partial charge >= 0.3 is 0 Å². The van der Waals surface area contributed by atoms with Gasteiger partial charge in [-0.15, -0.1) is 11.6 Å². The molecule has 1 aromatic carbocycles. The lowest BCUT2D eigenvalue weighted by Crippen LogP contribution is -2.40. The van der Waals surface area contributed by atoms with Crippen molar-refractivity contribution >= 4 is 27.3 Å². The second-order valence-corrected chi connectivity index (χ2v) is 7.82. The first kappa shape index (κ1) is 15.3. The quantitative estimate of drug-likeness (QED) is 0.838. The molecule has 2 atom stereocenters. The van der Waals surface area contributed by atoms with Gasteiger partial charge in [-0.1, -0.05) is 30.3 Å². The van der Waals surface area contributed by atoms with Crippen molar-refractivity contribution in [3.63, 3.8) is 0 Å². The van der Waals surface area contributed by atoms with Gasteiger partial charge in [-0.3, -0.25) is 4.79 Å². The van der Waals surface area contributed by atoms with E-state index >= 15 is 0 Å². The molecule has 110 valence electrons. The van der Waals surface area contributed by atoms with E-state index in [0.717, 1.165) is 12.8 Å². The van der Waals surface area contributed by atoms with E-state index in [1.165, 1.54) is 5.56 Å². The topological polar surface area (TPSA) is 63.2 Å². The van der Waals surface area contributed by atoms with Crippen LogP contribution in [-0.2, 0) is 21.1 Å². The predicted octanol–water partition coefficient (Wildman–Crippen LogP) is 1.53. The zero-order chi connectivity index (χ0) is 14.6. The summed E-state index contributed by atoms with van der Waals surface area (Å²) in [7, 11) is -3.10. The molecule has 0 bridgehead atoms. The van der Waals surface area contributed by atoms with Crippen molar-refractivity contribution in [1.82, 2.24) is 5.32 Å². The van der Waals surface area contributed by atoms with Crippen LogP contribution in [0.2, 0.25) is 0 Å². The standard InChI is InChI=1S/C14H18ClNO3S/c15-12-9-20(18,19)10-13(12)16-14(17)8-4-7-11-5-2-1-3-6-11/h1-3,5-6,12-13H,4,7-10H2,(H,16,17)/t12-,13+/m1/s1. The Morgan fingerprint density at radius 2 is 1.95 bits per heavy atom. The Morgan fingerprint density at radius 1 is 1.25 bits per heavy atom. The van der Waals surface area contributed by atoms with Gasteiger partial charge in [0.15, 0.2) is 9.84 Å². The number of carbonyl (C=O) groups excluding carboxylic acids is 1. The summed E-state index contributed by atoms with van der Waals surface area (Å²) in [5, 5.41) is 2.20. The first-order valence-electron chi connectivity index (χ1n) is 6.64. The highest BCUT2D eigenvalue weighted by molar-refractivity contribution is 7.91. The average molecular weight is 316 g/mol. The number of alkyl halides is 1. The van der Waals surface area contributed by atoms with Gasteiger partial charge in [0.25, 0.3) is 0 Å². The van der Waals surface area contributed by atoms with E-state index in [1.807, 2.05) is 30.3 Å². The third-order valence-electron chi connectivity index (χ3n) is 3.34. The second kappa shape index (κ2) is 6.59. The van der Waals surface area contributed by atoms with Gasteiger partial charge in [-0.2, -0.15) is 0 Å². The molecule has 1 amide bonds. The molecule has 1 saturated heterocycles. The molecule has 1 fully saturated rings. The Hall–Kier alpha value is -1.07. The number of rotatable bonds is 5. The Balaban J connectivity index is 1.73. The predicted molar refractivity (Wildman–Crippen MR) is 79.6 cm³/mol. The SMILES string of the molecule is O=C(CCCc1ccccc1)N[C@H]1CS(=O)(=O)C[C@H]1Cl. The number of nitrogens with one attached hydrogen (secondary N) is 1. The van der Waals surface area contributed by atoms with E-state index in [-0.39, 0.29) is 17.4 Å². The van der Waals surface area contributed by atoms with Crippen LogP contribution in [0.25, 0.3) is 0 Å². The van der Waals surface area contributed by atoms with E-state index in [9.17, 15) is 13.2 Å². The summed E-state index contributed by atoms with van der Waals surface area (Å²) < 4.78 is 22.8. The molecule has 0 unspecified atom stereocenters. The van der Waals surface area contributed by atoms with Crippen molar-refractivity contribution in [2.45, 2.75) is 30.7 Å². The van der Waals surface area contributed by atoms with Crippen molar-refractivity contribution in [2.75, 3.05) is 11.5 Å². The smallest absolute Gasteiger partial charge is 0.220 e. The van der Waals surface area contributed by atoms with Gasteiger partial charge in [0.2, 0.25) is 5.91 Å². The lowest BCUT2D eigenvalue weighted by Gasteiger charge is -2.14. The van der Waals surface area contributed by atoms with E-state index < -0.39 is 21.3 Å². The number of carbonyl (C=O) groups is 1. The van der Waals surface area contributed by atoms with Crippen LogP contribution in [0.3, 0.4) is 0 Å². The minimum atomic E-state index is -3.10. The molecule has 0 aromatic heterocycles. The van der Waals surface area contributed by atoms with Crippen LogP contribution in [0.4, 0.5) is 0 Å². The third-order valence-corrected chi connectivity index (χ3v) is 5.72. The van der Waals surface area contributed by atoms with Crippen molar-refractivity contribution < 1.29 is 13.2 Å². The normalized spacial score (nSPS) is 24.4. The molecule has 1 aliphatic heterocycles. The minimum Gasteiger partial charge on any atom is -0.351 e. The summed E-state index contributed by atoms with van der Waals surface area (Å²) in [6, 6.07) is 9.49. The lowest BCUT2D eigenvalue weighted by molar-refractivity contribution is -0.121. The molecule has 6 heteroatoms. The summed E-state index contributed by atoms with van der Waals surface area (Å²) >= 11 is 5.94. The number of sulfone groups is 1. The fraction of sp³-hybridized carbons (Fsp3) is 0.500. The molecule has 2 rings (SSSR count). The van der Waals surface area contributed by atoms with Crippen molar-refractivity contribution in [3.05, 3.63) is 35.9 Å². The maximum absolute atomic E-state index is 11.8. The average Bonchev–Trinajstić information content (AvgIpc) is 2.63. The van der Waals surface area contributed by atoms with Crippen LogP contribution in [0, 0.1) is 0 Å². The zero-order valence-corrected chi connectivity index (χ0v) is 12.7. The van der Waals surface area contributed by atoms with E-state index in [1.54, 1.807) is 0 Å². The number of hydrogen-bond donors (Lipinski definition) is 1. The van der Waals surface area contributed by atoms with Crippen molar-refractivity contribution in [1.29, 1.82) is 0 Å². The molecule has 1 heterocycles. The molecular formula is C14H18ClNO3S. The molecule has 0 spiro atoms. The number of hydrogen-bond acceptors (Lipinski definition) is 3. The summed E-state index contributed by atoms with van der Waals surface area (Å²) in [5.41, 5.74) is 1.19. The van der Waals surface area contributed by atoms with Crippen LogP contribution in [-0.4, -0.2) is 37.2 Å². The third kappa shape index (κ3) is 4.49. The monoisotopic (exact) mass is 315 g/mol. The van der Waals surface area contributed by atoms with Crippen molar-refractivity contribution in [2.24, 2.45) is 0 Å². The van der Waals surface area contributed by atoms with Gasteiger partial charge in [-0.05, 0) is 18.4 Å². The maximum Gasteiger partial charge on any atom is 0.220 e. The number of aryl methyl sites for hydroxylation is 1. The zero-order valence-electron chi connectivity index (χ0n) is 11.1. The fourth-order valence-electron chi connectivity index (χ4n) is 2.31. The van der Waals surface area contributed by atoms with E-state index in [4.69, 9.17) is 11.6 Å². The molecule has 1 N–H and O–H groups in total. The van der Waals surface area contributed by atoms with Gasteiger partial charge in [0.05, 0.1) is 22.9 Å². The maximum atomic E-state index is 11.8. The Morgan fingerprint density at radius 3 is 2.55 bits per heavy atom. The number of benzene rings is 1. The summed E-state index contributed by atoms with van der Waals surface area (Å²) in [6.45, 7) is 0. The highest BCUT2D eigenvalue weighted by Crippen LogP contribution is 2.18. The van der Waals surface area contributed by atoms with E-state index in [0.29, 0.717) is 6.42 Å². The summed E-state index contributed by atoms with van der Waals surface area (Å²) in [5.74, 6) is -0.233. The van der Waals surface area contributed by atoms with Gasteiger partial charge in [-0.25, -0.2) is 8.42 Å². The molecule has 0 saturated carbocycles. The van der Waals surface area contributed by atoms with Crippen LogP contribution in [0.1, 0.15) is 18.4 Å². The number of amides is 1. The largest absolute Gasteiger partial charge is 0.351 e. The van der Waals surface area contributed by atoms with Crippen LogP contribution in [0.5, 0.6) is 0 Å². The summed E-state index contributed by atoms with van der Waals surface area (Å²) in [4.78, 5) is 11.8. The minimum absolute atomic E-state index is 0.0500. The molecule has 20 heavy (non-hydrogen) atoms. The van der Waals surface area contributed by atoms with Crippen molar-refractivity contribution in [3.8, 4) is 0 Å². The van der Waals surface area contributed by atoms with Crippen LogP contribution in [0.15, 0.2) is 30.3 Å². The first-order chi connectivity index (χ1) is 9.46. The second-order valence-electron chi connectivity index (χ2n) is 5.11.